The molecule has 8 nitrogen and oxygen atoms in total. The van der Waals surface area contributed by atoms with Crippen LogP contribution in [-0.2, 0) is 22.4 Å². The monoisotopic (exact) mass is 595 g/mol. The summed E-state index contributed by atoms with van der Waals surface area (Å²) in [6.45, 7) is 3.16. The van der Waals surface area contributed by atoms with Gasteiger partial charge in [0.1, 0.15) is 22.8 Å². The van der Waals surface area contributed by atoms with Gasteiger partial charge >= 0.3 is 0 Å². The number of phenolic OH excluding ortho intramolecular Hbond substituents is 1. The maximum atomic E-state index is 14.1. The van der Waals surface area contributed by atoms with Gasteiger partial charge in [0.2, 0.25) is 5.78 Å². The van der Waals surface area contributed by atoms with Crippen LogP contribution in [-0.4, -0.2) is 57.5 Å². The summed E-state index contributed by atoms with van der Waals surface area (Å²) in [5.74, 6) is -5.27. The quantitative estimate of drug-likeness (QED) is 0.326. The number of benzene rings is 2. The molecule has 0 saturated heterocycles. The zero-order valence-corrected chi connectivity index (χ0v) is 25.4. The SMILES string of the molecule is CC(=O)C1=C(O)C[C@@H]2C[C@@H]3Cc4c(N(C)C)cc(CCC5=CC(c6ccc(C)cc6)=CC5)c(O)c4C(=O)C3=C(O)[C@]2(O)C1=O. The highest BCUT2D eigenvalue weighted by atomic mass is 16.3. The lowest BCUT2D eigenvalue weighted by Gasteiger charge is -2.46. The fourth-order valence-electron chi connectivity index (χ4n) is 7.42. The molecule has 8 heteroatoms. The first-order valence-corrected chi connectivity index (χ1v) is 15.0. The summed E-state index contributed by atoms with van der Waals surface area (Å²) in [5.41, 5.74) is 3.64. The van der Waals surface area contributed by atoms with E-state index in [-0.39, 0.29) is 29.7 Å². The first-order chi connectivity index (χ1) is 20.8. The van der Waals surface area contributed by atoms with Crippen LogP contribution < -0.4 is 4.90 Å². The van der Waals surface area contributed by atoms with Crippen LogP contribution in [0.2, 0.25) is 0 Å². The number of phenols is 1. The number of aromatic hydroxyl groups is 1. The normalized spacial score (nSPS) is 24.5. The number of nitrogens with zero attached hydrogens (tertiary/aromatic N) is 1. The summed E-state index contributed by atoms with van der Waals surface area (Å²) < 4.78 is 0. The fraction of sp³-hybridized carbons (Fsp3) is 0.361. The van der Waals surface area contributed by atoms with Crippen LogP contribution in [0.15, 0.2) is 70.7 Å². The average Bonchev–Trinajstić information content (AvgIpc) is 3.43. The van der Waals surface area contributed by atoms with Gasteiger partial charge in [-0.15, -0.1) is 0 Å². The second-order valence-electron chi connectivity index (χ2n) is 12.8. The van der Waals surface area contributed by atoms with Gasteiger partial charge in [-0.05, 0) is 80.2 Å². The van der Waals surface area contributed by atoms with Gasteiger partial charge < -0.3 is 25.3 Å². The number of carbonyl (C=O) groups excluding carboxylic acids is 3. The van der Waals surface area contributed by atoms with Gasteiger partial charge in [0.25, 0.3) is 0 Å². The Kier molecular flexibility index (Phi) is 7.16. The number of aryl methyl sites for hydroxylation is 2. The average molecular weight is 596 g/mol. The van der Waals surface area contributed by atoms with Crippen molar-refractivity contribution in [3.63, 3.8) is 0 Å². The number of ketones is 3. The second kappa shape index (κ2) is 10.6. The van der Waals surface area contributed by atoms with Crippen molar-refractivity contribution in [1.29, 1.82) is 0 Å². The van der Waals surface area contributed by atoms with Gasteiger partial charge in [0, 0.05) is 37.7 Å². The number of fused-ring (bicyclic) bond motifs is 3. The summed E-state index contributed by atoms with van der Waals surface area (Å²) in [7, 11) is 3.74. The van der Waals surface area contributed by atoms with Crippen LogP contribution in [0.3, 0.4) is 0 Å². The molecule has 2 aromatic carbocycles. The summed E-state index contributed by atoms with van der Waals surface area (Å²) >= 11 is 0. The topological polar surface area (TPSA) is 135 Å². The Morgan fingerprint density at radius 2 is 1.75 bits per heavy atom. The van der Waals surface area contributed by atoms with E-state index in [9.17, 15) is 34.8 Å². The molecule has 44 heavy (non-hydrogen) atoms. The van der Waals surface area contributed by atoms with Gasteiger partial charge in [-0.1, -0.05) is 47.6 Å². The van der Waals surface area contributed by atoms with Gasteiger partial charge in [0.15, 0.2) is 17.2 Å². The highest BCUT2D eigenvalue weighted by Gasteiger charge is 2.59. The predicted octanol–water partition coefficient (Wildman–Crippen LogP) is 5.40. The Labute approximate surface area is 256 Å². The van der Waals surface area contributed by atoms with Crippen molar-refractivity contribution in [2.24, 2.45) is 11.8 Å². The fourth-order valence-corrected chi connectivity index (χ4v) is 7.42. The van der Waals surface area contributed by atoms with E-state index in [0.29, 0.717) is 30.4 Å². The molecule has 0 heterocycles. The van der Waals surface area contributed by atoms with Crippen molar-refractivity contribution < 1.29 is 34.8 Å². The minimum atomic E-state index is -2.50. The van der Waals surface area contributed by atoms with Crippen molar-refractivity contribution in [3.05, 3.63) is 98.5 Å². The highest BCUT2D eigenvalue weighted by Crippen LogP contribution is 2.53. The van der Waals surface area contributed by atoms with Crippen LogP contribution in [0.25, 0.3) is 5.57 Å². The Hall–Kier alpha value is -4.43. The molecule has 0 fully saturated rings. The largest absolute Gasteiger partial charge is 0.511 e. The molecule has 228 valence electrons. The molecular weight excluding hydrogens is 558 g/mol. The first kappa shape index (κ1) is 29.6. The molecule has 2 aromatic rings. The third-order valence-electron chi connectivity index (χ3n) is 9.75. The van der Waals surface area contributed by atoms with Crippen LogP contribution in [0.5, 0.6) is 5.75 Å². The number of hydrogen-bond acceptors (Lipinski definition) is 8. The van der Waals surface area contributed by atoms with Crippen LogP contribution in [0.4, 0.5) is 5.69 Å². The summed E-state index contributed by atoms with van der Waals surface area (Å²) in [6, 6.07) is 10.3. The van der Waals surface area contributed by atoms with Gasteiger partial charge in [0.05, 0.1) is 5.56 Å². The Balaban J connectivity index is 1.35. The zero-order chi connectivity index (χ0) is 31.7. The lowest BCUT2D eigenvalue weighted by molar-refractivity contribution is -0.144. The molecule has 4 aliphatic rings. The molecule has 0 aromatic heterocycles. The number of carbonyl (C=O) groups is 3. The van der Waals surface area contributed by atoms with E-state index >= 15 is 0 Å². The van der Waals surface area contributed by atoms with Gasteiger partial charge in [-0.2, -0.15) is 0 Å². The number of Topliss-reactive ketones (excluding diaryl/α,β-unsaturated/α-hetero) is 3. The maximum Gasteiger partial charge on any atom is 0.209 e. The van der Waals surface area contributed by atoms with E-state index in [1.54, 1.807) is 0 Å². The van der Waals surface area contributed by atoms with Crippen molar-refractivity contribution in [1.82, 2.24) is 0 Å². The standard InChI is InChI=1S/C36H37NO7/c1-18-5-9-21(10-6-18)22-11-7-20(13-22)8-12-23-16-27(37(3)4)26-15-24-14-25-17-28(39)29(19(2)38)34(42)36(25,44)35(43)30(24)33(41)31(26)32(23)40/h5-6,9-11,13,16,24-25,39-40,43-44H,7-8,12,14-15,17H2,1-4H3/t24-,25+,36-/m1/s1. The molecular formula is C36H37NO7. The molecule has 0 radical (unpaired) electrons. The Morgan fingerprint density at radius 1 is 1.05 bits per heavy atom. The summed E-state index contributed by atoms with van der Waals surface area (Å²) in [4.78, 5) is 41.5. The minimum Gasteiger partial charge on any atom is -0.511 e. The van der Waals surface area contributed by atoms with Crippen LogP contribution >= 0.6 is 0 Å². The van der Waals surface area contributed by atoms with E-state index in [0.717, 1.165) is 30.2 Å². The van der Waals surface area contributed by atoms with Gasteiger partial charge in [-0.25, -0.2) is 0 Å². The van der Waals surface area contributed by atoms with E-state index in [4.69, 9.17) is 0 Å². The third kappa shape index (κ3) is 4.51. The third-order valence-corrected chi connectivity index (χ3v) is 9.75. The number of hydrogen-bond donors (Lipinski definition) is 4. The minimum absolute atomic E-state index is 0.0679. The first-order valence-electron chi connectivity index (χ1n) is 15.0. The molecule has 6 rings (SSSR count). The van der Waals surface area contributed by atoms with E-state index in [2.05, 4.69) is 43.3 Å². The number of aliphatic hydroxyl groups is 3. The van der Waals surface area contributed by atoms with E-state index in [1.165, 1.54) is 11.1 Å². The molecule has 0 aliphatic heterocycles. The maximum absolute atomic E-state index is 14.1. The molecule has 0 unspecified atom stereocenters. The van der Waals surface area contributed by atoms with Crippen molar-refractivity contribution in [3.8, 4) is 5.75 Å². The van der Waals surface area contributed by atoms with Crippen molar-refractivity contribution >= 4 is 28.6 Å². The molecule has 4 aliphatic carbocycles. The summed E-state index contributed by atoms with van der Waals surface area (Å²) in [6.07, 6.45) is 6.59. The number of allylic oxidation sites excluding steroid dienone is 6. The van der Waals surface area contributed by atoms with Crippen molar-refractivity contribution in [2.75, 3.05) is 19.0 Å². The molecule has 0 saturated carbocycles. The molecule has 0 bridgehead atoms. The lowest BCUT2D eigenvalue weighted by atomic mass is 9.60. The lowest BCUT2D eigenvalue weighted by Crippen LogP contribution is -2.56. The molecule has 0 spiro atoms. The second-order valence-corrected chi connectivity index (χ2v) is 12.8. The molecule has 3 atom stereocenters. The van der Waals surface area contributed by atoms with Crippen LogP contribution in [0.1, 0.15) is 65.2 Å². The number of anilines is 1. The summed E-state index contributed by atoms with van der Waals surface area (Å²) in [5, 5.41) is 45.0. The highest BCUT2D eigenvalue weighted by molar-refractivity contribution is 6.25. The van der Waals surface area contributed by atoms with E-state index in [1.807, 2.05) is 25.1 Å². The molecule has 0 amide bonds. The zero-order valence-electron chi connectivity index (χ0n) is 25.4. The molecule has 4 N–H and O–H groups in total. The van der Waals surface area contributed by atoms with E-state index < -0.39 is 51.9 Å². The predicted molar refractivity (Wildman–Crippen MR) is 167 cm³/mol. The smallest absolute Gasteiger partial charge is 0.209 e. The van der Waals surface area contributed by atoms with Crippen molar-refractivity contribution in [2.45, 2.75) is 58.0 Å². The Morgan fingerprint density at radius 3 is 2.41 bits per heavy atom. The number of rotatable bonds is 6. The number of aliphatic hydroxyl groups excluding tert-OH is 2. The Bertz CT molecular complexity index is 1760. The van der Waals surface area contributed by atoms with Crippen LogP contribution in [0, 0.1) is 18.8 Å². The van der Waals surface area contributed by atoms with Gasteiger partial charge in [-0.3, -0.25) is 14.4 Å².